The Morgan fingerprint density at radius 1 is 0.900 bits per heavy atom. The molecule has 0 saturated carbocycles. The minimum absolute atomic E-state index is 0.264. The van der Waals surface area contributed by atoms with E-state index in [-0.39, 0.29) is 5.56 Å². The molecule has 1 aliphatic rings. The van der Waals surface area contributed by atoms with E-state index in [0.29, 0.717) is 5.56 Å². The Morgan fingerprint density at radius 2 is 1.65 bits per heavy atom. The number of benzene rings is 2. The molecule has 0 spiro atoms. The summed E-state index contributed by atoms with van der Waals surface area (Å²) in [4.78, 5) is 0. The fourth-order valence-corrected chi connectivity index (χ4v) is 2.73. The molecule has 1 aliphatic heterocycles. The van der Waals surface area contributed by atoms with Crippen LogP contribution in [0.2, 0.25) is 0 Å². The molecule has 1 N–H and O–H groups in total. The lowest BCUT2D eigenvalue weighted by atomic mass is 9.90. The Labute approximate surface area is 115 Å². The topological polar surface area (TPSA) is 12.0 Å². The number of anilines is 1. The lowest BCUT2D eigenvalue weighted by molar-refractivity contribution is -0.137. The maximum atomic E-state index is 13.2. The average Bonchev–Trinajstić information content (AvgIpc) is 2.46. The first-order chi connectivity index (χ1) is 9.57. The normalized spacial score (nSPS) is 14.6. The predicted molar refractivity (Wildman–Crippen MR) is 73.7 cm³/mol. The van der Waals surface area contributed by atoms with Crippen molar-refractivity contribution in [3.05, 3.63) is 53.6 Å². The van der Waals surface area contributed by atoms with Crippen molar-refractivity contribution in [3.63, 3.8) is 0 Å². The largest absolute Gasteiger partial charge is 0.417 e. The van der Waals surface area contributed by atoms with Crippen molar-refractivity contribution in [1.82, 2.24) is 0 Å². The van der Waals surface area contributed by atoms with E-state index >= 15 is 0 Å². The molecular formula is C16H14F3N. The van der Waals surface area contributed by atoms with Gasteiger partial charge in [0.05, 0.1) is 5.56 Å². The maximum Gasteiger partial charge on any atom is 0.417 e. The third-order valence-corrected chi connectivity index (χ3v) is 3.62. The molecule has 0 atom stereocenters. The van der Waals surface area contributed by atoms with Gasteiger partial charge in [0.2, 0.25) is 0 Å². The van der Waals surface area contributed by atoms with Crippen LogP contribution in [-0.2, 0) is 12.6 Å². The molecule has 2 aromatic rings. The smallest absolute Gasteiger partial charge is 0.385 e. The van der Waals surface area contributed by atoms with Crippen LogP contribution < -0.4 is 5.32 Å². The van der Waals surface area contributed by atoms with E-state index < -0.39 is 11.7 Å². The first-order valence-corrected chi connectivity index (χ1v) is 6.60. The highest BCUT2D eigenvalue weighted by atomic mass is 19.4. The molecule has 20 heavy (non-hydrogen) atoms. The molecule has 0 saturated heterocycles. The predicted octanol–water partition coefficient (Wildman–Crippen LogP) is 4.73. The van der Waals surface area contributed by atoms with Crippen LogP contribution in [0.15, 0.2) is 42.5 Å². The lowest BCUT2D eigenvalue weighted by Crippen LogP contribution is -2.13. The highest BCUT2D eigenvalue weighted by molar-refractivity contribution is 5.77. The standard InChI is InChI=1S/C16H14F3N/c17-16(18,19)14-8-2-1-5-12(14)11-6-3-9-15-13(11)7-4-10-20-15/h1-3,5-6,8-9,20H,4,7,10H2. The van der Waals surface area contributed by atoms with Crippen LogP contribution in [0, 0.1) is 0 Å². The van der Waals surface area contributed by atoms with Gasteiger partial charge in [-0.25, -0.2) is 0 Å². The third kappa shape index (κ3) is 2.26. The second-order valence-corrected chi connectivity index (χ2v) is 4.91. The molecule has 0 aromatic heterocycles. The summed E-state index contributed by atoms with van der Waals surface area (Å²) in [6.45, 7) is 0.872. The molecule has 0 unspecified atom stereocenters. The molecule has 0 amide bonds. The summed E-state index contributed by atoms with van der Waals surface area (Å²) < 4.78 is 39.5. The van der Waals surface area contributed by atoms with Crippen LogP contribution in [0.25, 0.3) is 11.1 Å². The fourth-order valence-electron chi connectivity index (χ4n) is 2.73. The van der Waals surface area contributed by atoms with Gasteiger partial charge in [-0.2, -0.15) is 13.2 Å². The van der Waals surface area contributed by atoms with Crippen molar-refractivity contribution in [2.75, 3.05) is 11.9 Å². The monoisotopic (exact) mass is 277 g/mol. The first-order valence-electron chi connectivity index (χ1n) is 6.60. The number of hydrogen-bond donors (Lipinski definition) is 1. The lowest BCUT2D eigenvalue weighted by Gasteiger charge is -2.22. The van der Waals surface area contributed by atoms with Crippen molar-refractivity contribution >= 4 is 5.69 Å². The third-order valence-electron chi connectivity index (χ3n) is 3.62. The van der Waals surface area contributed by atoms with E-state index in [0.717, 1.165) is 36.7 Å². The Kier molecular flexibility index (Phi) is 3.16. The van der Waals surface area contributed by atoms with Gasteiger partial charge < -0.3 is 5.32 Å². The second-order valence-electron chi connectivity index (χ2n) is 4.91. The molecule has 0 aliphatic carbocycles. The molecule has 3 rings (SSSR count). The van der Waals surface area contributed by atoms with Gasteiger partial charge in [-0.15, -0.1) is 0 Å². The van der Waals surface area contributed by atoms with Crippen LogP contribution in [0.5, 0.6) is 0 Å². The molecule has 0 radical (unpaired) electrons. The minimum atomic E-state index is -4.33. The van der Waals surface area contributed by atoms with Crippen LogP contribution in [0.4, 0.5) is 18.9 Å². The molecule has 1 heterocycles. The summed E-state index contributed by atoms with van der Waals surface area (Å²) in [6.07, 6.45) is -2.58. The number of halogens is 3. The fraction of sp³-hybridized carbons (Fsp3) is 0.250. The van der Waals surface area contributed by atoms with Gasteiger partial charge in [-0.1, -0.05) is 30.3 Å². The van der Waals surface area contributed by atoms with Crippen molar-refractivity contribution in [1.29, 1.82) is 0 Å². The summed E-state index contributed by atoms with van der Waals surface area (Å²) in [5.74, 6) is 0. The molecule has 104 valence electrons. The molecule has 1 nitrogen and oxygen atoms in total. The van der Waals surface area contributed by atoms with E-state index in [1.54, 1.807) is 24.3 Å². The van der Waals surface area contributed by atoms with Gasteiger partial charge in [0, 0.05) is 12.2 Å². The summed E-state index contributed by atoms with van der Waals surface area (Å²) in [6, 6.07) is 11.3. The second kappa shape index (κ2) is 4.85. The van der Waals surface area contributed by atoms with E-state index in [4.69, 9.17) is 0 Å². The van der Waals surface area contributed by atoms with Gasteiger partial charge in [-0.3, -0.25) is 0 Å². The summed E-state index contributed by atoms with van der Waals surface area (Å²) in [5.41, 5.74) is 2.31. The highest BCUT2D eigenvalue weighted by Crippen LogP contribution is 2.40. The van der Waals surface area contributed by atoms with Crippen LogP contribution in [-0.4, -0.2) is 6.54 Å². The number of rotatable bonds is 1. The van der Waals surface area contributed by atoms with E-state index in [1.165, 1.54) is 6.07 Å². The summed E-state index contributed by atoms with van der Waals surface area (Å²) >= 11 is 0. The number of fused-ring (bicyclic) bond motifs is 1. The minimum Gasteiger partial charge on any atom is -0.385 e. The van der Waals surface area contributed by atoms with Gasteiger partial charge in [0.15, 0.2) is 0 Å². The molecule has 2 aromatic carbocycles. The highest BCUT2D eigenvalue weighted by Gasteiger charge is 2.33. The zero-order valence-corrected chi connectivity index (χ0v) is 10.8. The number of hydrogen-bond acceptors (Lipinski definition) is 1. The summed E-state index contributed by atoms with van der Waals surface area (Å²) in [7, 11) is 0. The van der Waals surface area contributed by atoms with E-state index in [2.05, 4.69) is 5.32 Å². The molecule has 0 bridgehead atoms. The van der Waals surface area contributed by atoms with Crippen molar-refractivity contribution in [2.24, 2.45) is 0 Å². The van der Waals surface area contributed by atoms with Crippen molar-refractivity contribution < 1.29 is 13.2 Å². The first kappa shape index (κ1) is 13.0. The average molecular weight is 277 g/mol. The zero-order chi connectivity index (χ0) is 14.2. The van der Waals surface area contributed by atoms with Gasteiger partial charge in [0.25, 0.3) is 0 Å². The van der Waals surface area contributed by atoms with Crippen LogP contribution in [0.1, 0.15) is 17.5 Å². The van der Waals surface area contributed by atoms with E-state index in [1.807, 2.05) is 6.07 Å². The van der Waals surface area contributed by atoms with Crippen LogP contribution >= 0.6 is 0 Å². The molecule has 0 fully saturated rings. The number of alkyl halides is 3. The Balaban J connectivity index is 2.20. The maximum absolute atomic E-state index is 13.2. The van der Waals surface area contributed by atoms with Gasteiger partial charge in [0.1, 0.15) is 0 Å². The van der Waals surface area contributed by atoms with Gasteiger partial charge in [-0.05, 0) is 41.7 Å². The molecule has 4 heteroatoms. The van der Waals surface area contributed by atoms with Crippen molar-refractivity contribution in [2.45, 2.75) is 19.0 Å². The Morgan fingerprint density at radius 3 is 2.45 bits per heavy atom. The SMILES string of the molecule is FC(F)(F)c1ccccc1-c1cccc2c1CCCN2. The quantitative estimate of drug-likeness (QED) is 0.794. The zero-order valence-electron chi connectivity index (χ0n) is 10.8. The molecular weight excluding hydrogens is 263 g/mol. The van der Waals surface area contributed by atoms with Crippen LogP contribution in [0.3, 0.4) is 0 Å². The van der Waals surface area contributed by atoms with Crippen molar-refractivity contribution in [3.8, 4) is 11.1 Å². The Hall–Kier alpha value is -1.97. The Bertz CT molecular complexity index is 632. The summed E-state index contributed by atoms with van der Waals surface area (Å²) in [5, 5.41) is 3.25. The van der Waals surface area contributed by atoms with E-state index in [9.17, 15) is 13.2 Å². The van der Waals surface area contributed by atoms with Gasteiger partial charge >= 0.3 is 6.18 Å². The number of nitrogens with one attached hydrogen (secondary N) is 1.